The van der Waals surface area contributed by atoms with Gasteiger partial charge in [0.25, 0.3) is 11.8 Å². The summed E-state index contributed by atoms with van der Waals surface area (Å²) in [6, 6.07) is 7.14. The highest BCUT2D eigenvalue weighted by molar-refractivity contribution is 5.94. The highest BCUT2D eigenvalue weighted by Crippen LogP contribution is 2.21. The van der Waals surface area contributed by atoms with Gasteiger partial charge in [-0.05, 0) is 56.0 Å². The van der Waals surface area contributed by atoms with E-state index in [2.05, 4.69) is 5.32 Å². The minimum Gasteiger partial charge on any atom is -0.483 e. The molecule has 1 saturated heterocycles. The number of likely N-dealkylation sites (tertiary alicyclic amines) is 1. The Morgan fingerprint density at radius 2 is 1.77 bits per heavy atom. The molecule has 3 rings (SSSR count). The topological polar surface area (TPSA) is 58.6 Å². The average molecular weight is 420 g/mol. The van der Waals surface area contributed by atoms with Crippen LogP contribution in [-0.4, -0.2) is 42.5 Å². The van der Waals surface area contributed by atoms with Crippen molar-refractivity contribution in [2.24, 2.45) is 0 Å². The number of carbonyl (C=O) groups excluding carboxylic acids is 2. The van der Waals surface area contributed by atoms with Gasteiger partial charge in [0.1, 0.15) is 5.75 Å². The second-order valence-electron chi connectivity index (χ2n) is 7.34. The van der Waals surface area contributed by atoms with E-state index in [1.165, 1.54) is 4.90 Å². The van der Waals surface area contributed by atoms with Gasteiger partial charge in [-0.15, -0.1) is 0 Å². The lowest BCUT2D eigenvalue weighted by Crippen LogP contribution is -2.47. The van der Waals surface area contributed by atoms with Gasteiger partial charge in [0.15, 0.2) is 24.1 Å². The largest absolute Gasteiger partial charge is 0.483 e. The summed E-state index contributed by atoms with van der Waals surface area (Å²) >= 11 is 0. The number of hydrogen-bond acceptors (Lipinski definition) is 3. The van der Waals surface area contributed by atoms with Crippen molar-refractivity contribution >= 4 is 11.8 Å². The van der Waals surface area contributed by atoms with E-state index in [0.29, 0.717) is 18.6 Å². The summed E-state index contributed by atoms with van der Waals surface area (Å²) in [4.78, 5) is 26.0. The molecule has 2 aromatic rings. The monoisotopic (exact) mass is 420 g/mol. The maximum absolute atomic E-state index is 13.9. The van der Waals surface area contributed by atoms with E-state index < -0.39 is 28.9 Å². The van der Waals surface area contributed by atoms with Crippen LogP contribution >= 0.6 is 0 Å². The fraction of sp³-hybridized carbons (Fsp3) is 0.364. The third-order valence-corrected chi connectivity index (χ3v) is 5.33. The summed E-state index contributed by atoms with van der Waals surface area (Å²) in [5.74, 6) is -4.81. The summed E-state index contributed by atoms with van der Waals surface area (Å²) in [5, 5.41) is 2.86. The van der Waals surface area contributed by atoms with Crippen LogP contribution in [0.25, 0.3) is 0 Å². The molecular weight excluding hydrogens is 397 g/mol. The van der Waals surface area contributed by atoms with Gasteiger partial charge in [0, 0.05) is 19.1 Å². The zero-order chi connectivity index (χ0) is 21.8. The van der Waals surface area contributed by atoms with Gasteiger partial charge in [-0.3, -0.25) is 9.59 Å². The number of amides is 2. The van der Waals surface area contributed by atoms with E-state index in [0.717, 1.165) is 23.3 Å². The molecule has 0 saturated carbocycles. The fourth-order valence-corrected chi connectivity index (χ4v) is 3.38. The third-order valence-electron chi connectivity index (χ3n) is 5.33. The highest BCUT2D eigenvalue weighted by Gasteiger charge is 2.28. The number of nitrogens with one attached hydrogen (secondary N) is 1. The van der Waals surface area contributed by atoms with Crippen LogP contribution in [0.3, 0.4) is 0 Å². The van der Waals surface area contributed by atoms with Gasteiger partial charge in [-0.2, -0.15) is 0 Å². The van der Waals surface area contributed by atoms with Crippen molar-refractivity contribution in [1.82, 2.24) is 10.2 Å². The summed E-state index contributed by atoms with van der Waals surface area (Å²) in [7, 11) is 0. The van der Waals surface area contributed by atoms with Crippen molar-refractivity contribution in [2.75, 3.05) is 19.7 Å². The molecule has 30 heavy (non-hydrogen) atoms. The zero-order valence-corrected chi connectivity index (χ0v) is 16.8. The first kappa shape index (κ1) is 21.7. The molecule has 1 heterocycles. The molecule has 0 bridgehead atoms. The number of benzene rings is 2. The number of rotatable bonds is 5. The van der Waals surface area contributed by atoms with E-state index in [1.54, 1.807) is 6.07 Å². The Labute approximate surface area is 172 Å². The number of hydrogen-bond donors (Lipinski definition) is 1. The molecule has 5 nitrogen and oxygen atoms in total. The molecule has 0 spiro atoms. The first-order valence-corrected chi connectivity index (χ1v) is 9.69. The SMILES string of the molecule is Cc1cccc(OCC(=O)NC2CCN(C(=O)c3ccc(F)c(F)c3F)CC2)c1C. The number of nitrogens with zero attached hydrogens (tertiary/aromatic N) is 1. The van der Waals surface area contributed by atoms with E-state index >= 15 is 0 Å². The lowest BCUT2D eigenvalue weighted by Gasteiger charge is -2.32. The Hall–Kier alpha value is -3.03. The van der Waals surface area contributed by atoms with Crippen LogP contribution < -0.4 is 10.1 Å². The van der Waals surface area contributed by atoms with Gasteiger partial charge >= 0.3 is 0 Å². The smallest absolute Gasteiger partial charge is 0.258 e. The van der Waals surface area contributed by atoms with Crippen molar-refractivity contribution < 1.29 is 27.5 Å². The second kappa shape index (κ2) is 9.19. The van der Waals surface area contributed by atoms with Crippen LogP contribution in [0.4, 0.5) is 13.2 Å². The maximum Gasteiger partial charge on any atom is 0.258 e. The van der Waals surface area contributed by atoms with Crippen LogP contribution in [0.2, 0.25) is 0 Å². The molecule has 0 atom stereocenters. The molecule has 2 amide bonds. The zero-order valence-electron chi connectivity index (χ0n) is 16.8. The first-order chi connectivity index (χ1) is 14.3. The van der Waals surface area contributed by atoms with E-state index in [9.17, 15) is 22.8 Å². The minimum absolute atomic E-state index is 0.122. The Morgan fingerprint density at radius 1 is 1.07 bits per heavy atom. The molecule has 0 unspecified atom stereocenters. The van der Waals surface area contributed by atoms with E-state index in [-0.39, 0.29) is 31.6 Å². The molecule has 1 aliphatic rings. The molecule has 1 N–H and O–H groups in total. The first-order valence-electron chi connectivity index (χ1n) is 9.69. The summed E-state index contributed by atoms with van der Waals surface area (Å²) in [5.41, 5.74) is 1.54. The van der Waals surface area contributed by atoms with Gasteiger partial charge in [0.05, 0.1) is 5.56 Å². The Morgan fingerprint density at radius 3 is 2.47 bits per heavy atom. The number of ether oxygens (including phenoxy) is 1. The lowest BCUT2D eigenvalue weighted by molar-refractivity contribution is -0.124. The van der Waals surface area contributed by atoms with Crippen LogP contribution in [0.5, 0.6) is 5.75 Å². The molecular formula is C22H23F3N2O3. The van der Waals surface area contributed by atoms with Crippen molar-refractivity contribution in [3.8, 4) is 5.75 Å². The van der Waals surface area contributed by atoms with Crippen molar-refractivity contribution in [3.63, 3.8) is 0 Å². The summed E-state index contributed by atoms with van der Waals surface area (Å²) in [6.07, 6.45) is 0.929. The number of aryl methyl sites for hydroxylation is 1. The average Bonchev–Trinajstić information content (AvgIpc) is 2.73. The van der Waals surface area contributed by atoms with Crippen molar-refractivity contribution in [1.29, 1.82) is 0 Å². The normalized spacial score (nSPS) is 14.5. The maximum atomic E-state index is 13.9. The van der Waals surface area contributed by atoms with Crippen LogP contribution in [0.15, 0.2) is 30.3 Å². The van der Waals surface area contributed by atoms with Crippen molar-refractivity contribution in [3.05, 3.63) is 64.5 Å². The van der Waals surface area contributed by atoms with Gasteiger partial charge in [-0.25, -0.2) is 13.2 Å². The van der Waals surface area contributed by atoms with Crippen LogP contribution in [0, 0.1) is 31.3 Å². The Kier molecular flexibility index (Phi) is 6.64. The number of piperidine rings is 1. The lowest BCUT2D eigenvalue weighted by atomic mass is 10.0. The molecule has 0 aromatic heterocycles. The van der Waals surface area contributed by atoms with E-state index in [1.807, 2.05) is 26.0 Å². The summed E-state index contributed by atoms with van der Waals surface area (Å²) in [6.45, 7) is 4.29. The van der Waals surface area contributed by atoms with Gasteiger partial charge < -0.3 is 15.0 Å². The molecule has 0 radical (unpaired) electrons. The van der Waals surface area contributed by atoms with E-state index in [4.69, 9.17) is 4.74 Å². The van der Waals surface area contributed by atoms with Crippen LogP contribution in [0.1, 0.15) is 34.3 Å². The van der Waals surface area contributed by atoms with Gasteiger partial charge in [0.2, 0.25) is 0 Å². The molecule has 160 valence electrons. The number of carbonyl (C=O) groups is 2. The molecule has 2 aromatic carbocycles. The summed E-state index contributed by atoms with van der Waals surface area (Å²) < 4.78 is 45.9. The predicted molar refractivity (Wildman–Crippen MR) is 105 cm³/mol. The van der Waals surface area contributed by atoms with Crippen LogP contribution in [-0.2, 0) is 4.79 Å². The predicted octanol–water partition coefficient (Wildman–Crippen LogP) is 3.52. The van der Waals surface area contributed by atoms with Crippen molar-refractivity contribution in [2.45, 2.75) is 32.7 Å². The highest BCUT2D eigenvalue weighted by atomic mass is 19.2. The molecule has 1 fully saturated rings. The quantitative estimate of drug-likeness (QED) is 0.753. The fourth-order valence-electron chi connectivity index (χ4n) is 3.38. The Balaban J connectivity index is 1.49. The Bertz CT molecular complexity index is 957. The third kappa shape index (κ3) is 4.75. The molecule has 1 aliphatic heterocycles. The number of halogens is 3. The minimum atomic E-state index is -1.66. The molecule has 8 heteroatoms. The van der Waals surface area contributed by atoms with Gasteiger partial charge in [-0.1, -0.05) is 12.1 Å². The standard InChI is InChI=1S/C22H23F3N2O3/c1-13-4-3-5-18(14(13)2)30-12-19(28)26-15-8-10-27(11-9-15)22(29)16-6-7-17(23)21(25)20(16)24/h3-7,15H,8-12H2,1-2H3,(H,26,28). The molecule has 0 aliphatic carbocycles. The second-order valence-corrected chi connectivity index (χ2v) is 7.34.